The lowest BCUT2D eigenvalue weighted by molar-refractivity contribution is -0.137. The predicted octanol–water partition coefficient (Wildman–Crippen LogP) is 3.79. The molecule has 7 heteroatoms. The fraction of sp³-hybridized carbons (Fsp3) is 0.143. The zero-order valence-electron chi connectivity index (χ0n) is 10.4. The summed E-state index contributed by atoms with van der Waals surface area (Å²) in [7, 11) is 0. The van der Waals surface area contributed by atoms with Crippen molar-refractivity contribution in [3.05, 3.63) is 53.2 Å². The molecular formula is C14H8F5NO. The van der Waals surface area contributed by atoms with Crippen molar-refractivity contribution in [1.29, 1.82) is 0 Å². The number of rotatable bonds is 3. The van der Waals surface area contributed by atoms with E-state index in [4.69, 9.17) is 0 Å². The third-order valence-electron chi connectivity index (χ3n) is 2.76. The summed E-state index contributed by atoms with van der Waals surface area (Å²) in [5.41, 5.74) is -2.41. The van der Waals surface area contributed by atoms with Crippen LogP contribution in [-0.2, 0) is 17.4 Å². The number of nitrogens with zero attached hydrogens (tertiary/aromatic N) is 1. The van der Waals surface area contributed by atoms with E-state index in [-0.39, 0.29) is 11.1 Å². The first-order valence-corrected chi connectivity index (χ1v) is 5.78. The van der Waals surface area contributed by atoms with E-state index in [9.17, 15) is 26.7 Å². The van der Waals surface area contributed by atoms with Crippen LogP contribution in [0, 0.1) is 11.6 Å². The van der Waals surface area contributed by atoms with Gasteiger partial charge in [-0.05, 0) is 23.8 Å². The lowest BCUT2D eigenvalue weighted by Gasteiger charge is -2.15. The lowest BCUT2D eigenvalue weighted by atomic mass is 9.99. The topological polar surface area (TPSA) is 30.0 Å². The Morgan fingerprint density at radius 3 is 2.24 bits per heavy atom. The summed E-state index contributed by atoms with van der Waals surface area (Å²) in [6.07, 6.45) is -3.89. The van der Waals surface area contributed by atoms with Crippen molar-refractivity contribution in [1.82, 2.24) is 4.98 Å². The van der Waals surface area contributed by atoms with E-state index in [0.717, 1.165) is 24.4 Å². The number of alkyl halides is 3. The number of carbonyl (C=O) groups is 1. The molecule has 0 unspecified atom stereocenters. The molecule has 2 aromatic rings. The summed E-state index contributed by atoms with van der Waals surface area (Å²) in [6.45, 7) is 0. The third kappa shape index (κ3) is 3.24. The van der Waals surface area contributed by atoms with Crippen LogP contribution in [0.25, 0.3) is 11.3 Å². The van der Waals surface area contributed by atoms with Crippen LogP contribution in [0.2, 0.25) is 0 Å². The molecule has 0 aliphatic heterocycles. The van der Waals surface area contributed by atoms with Crippen molar-refractivity contribution in [3.8, 4) is 11.3 Å². The van der Waals surface area contributed by atoms with E-state index in [1.807, 2.05) is 0 Å². The third-order valence-corrected chi connectivity index (χ3v) is 2.76. The van der Waals surface area contributed by atoms with Crippen LogP contribution in [0.15, 0.2) is 30.5 Å². The molecule has 110 valence electrons. The number of aldehydes is 1. The molecule has 0 saturated heterocycles. The average Bonchev–Trinajstić information content (AvgIpc) is 2.36. The van der Waals surface area contributed by atoms with Crippen LogP contribution in [0.5, 0.6) is 0 Å². The van der Waals surface area contributed by atoms with Crippen molar-refractivity contribution < 1.29 is 26.7 Å². The number of halogens is 5. The first-order valence-electron chi connectivity index (χ1n) is 5.78. The van der Waals surface area contributed by atoms with Gasteiger partial charge in [0.25, 0.3) is 0 Å². The maximum Gasteiger partial charge on any atom is 0.418 e. The Bertz CT molecular complexity index is 661. The Labute approximate surface area is 116 Å². The van der Waals surface area contributed by atoms with Crippen molar-refractivity contribution in [3.63, 3.8) is 0 Å². The van der Waals surface area contributed by atoms with E-state index in [2.05, 4.69) is 4.98 Å². The fourth-order valence-electron chi connectivity index (χ4n) is 1.99. The van der Waals surface area contributed by atoms with Gasteiger partial charge in [0.2, 0.25) is 0 Å². The number of pyridine rings is 1. The van der Waals surface area contributed by atoms with Gasteiger partial charge in [0, 0.05) is 24.2 Å². The normalized spacial score (nSPS) is 11.5. The van der Waals surface area contributed by atoms with Crippen LogP contribution in [0.1, 0.15) is 11.1 Å². The number of benzene rings is 1. The maximum atomic E-state index is 13.2. The number of hydrogen-bond acceptors (Lipinski definition) is 2. The first kappa shape index (κ1) is 15.1. The molecule has 1 aromatic carbocycles. The number of hydrogen-bond donors (Lipinski definition) is 0. The lowest BCUT2D eigenvalue weighted by Crippen LogP contribution is -2.13. The highest BCUT2D eigenvalue weighted by Gasteiger charge is 2.37. The summed E-state index contributed by atoms with van der Waals surface area (Å²) in [6, 6.07) is 3.11. The molecule has 0 radical (unpaired) electrons. The highest BCUT2D eigenvalue weighted by atomic mass is 19.4. The van der Waals surface area contributed by atoms with Gasteiger partial charge in [-0.15, -0.1) is 0 Å². The van der Waals surface area contributed by atoms with Crippen molar-refractivity contribution in [2.24, 2.45) is 0 Å². The largest absolute Gasteiger partial charge is 0.418 e. The van der Waals surface area contributed by atoms with Crippen LogP contribution >= 0.6 is 0 Å². The van der Waals surface area contributed by atoms with E-state index in [1.165, 1.54) is 0 Å². The van der Waals surface area contributed by atoms with Crippen molar-refractivity contribution in [2.75, 3.05) is 0 Å². The van der Waals surface area contributed by atoms with E-state index in [1.54, 1.807) is 0 Å². The number of aromatic nitrogens is 1. The van der Waals surface area contributed by atoms with Gasteiger partial charge in [-0.3, -0.25) is 4.98 Å². The van der Waals surface area contributed by atoms with Gasteiger partial charge in [-0.1, -0.05) is 0 Å². The predicted molar refractivity (Wildman–Crippen MR) is 64.4 cm³/mol. The SMILES string of the molecule is O=CCc1ccnc(-c2cc(F)cc(F)c2)c1C(F)(F)F. The van der Waals surface area contributed by atoms with Crippen molar-refractivity contribution >= 4 is 6.29 Å². The molecule has 0 aliphatic rings. The average molecular weight is 301 g/mol. The quantitative estimate of drug-likeness (QED) is 0.638. The Morgan fingerprint density at radius 2 is 1.71 bits per heavy atom. The second kappa shape index (κ2) is 5.59. The molecule has 2 nitrogen and oxygen atoms in total. The fourth-order valence-corrected chi connectivity index (χ4v) is 1.99. The molecule has 0 atom stereocenters. The second-order valence-electron chi connectivity index (χ2n) is 4.22. The molecule has 0 bridgehead atoms. The Kier molecular flexibility index (Phi) is 4.02. The molecule has 0 aliphatic carbocycles. The Balaban J connectivity index is 2.73. The molecule has 0 spiro atoms. The van der Waals surface area contributed by atoms with E-state index < -0.39 is 35.5 Å². The minimum atomic E-state index is -4.80. The van der Waals surface area contributed by atoms with Crippen LogP contribution in [0.3, 0.4) is 0 Å². The highest BCUT2D eigenvalue weighted by molar-refractivity contribution is 5.68. The van der Waals surface area contributed by atoms with Gasteiger partial charge in [0.1, 0.15) is 17.9 Å². The molecule has 21 heavy (non-hydrogen) atoms. The molecule has 1 aromatic heterocycles. The zero-order chi connectivity index (χ0) is 15.6. The summed E-state index contributed by atoms with van der Waals surface area (Å²) >= 11 is 0. The molecule has 0 N–H and O–H groups in total. The van der Waals surface area contributed by atoms with Crippen LogP contribution in [-0.4, -0.2) is 11.3 Å². The molecule has 0 fully saturated rings. The molecule has 0 saturated carbocycles. The molecular weight excluding hydrogens is 293 g/mol. The minimum Gasteiger partial charge on any atom is -0.303 e. The van der Waals surface area contributed by atoms with Gasteiger partial charge in [-0.2, -0.15) is 13.2 Å². The highest BCUT2D eigenvalue weighted by Crippen LogP contribution is 2.38. The van der Waals surface area contributed by atoms with Gasteiger partial charge in [0.05, 0.1) is 11.3 Å². The first-order chi connectivity index (χ1) is 9.82. The summed E-state index contributed by atoms with van der Waals surface area (Å²) in [5, 5.41) is 0. The maximum absolute atomic E-state index is 13.2. The van der Waals surface area contributed by atoms with Crippen molar-refractivity contribution in [2.45, 2.75) is 12.6 Å². The van der Waals surface area contributed by atoms with Gasteiger partial charge >= 0.3 is 6.18 Å². The van der Waals surface area contributed by atoms with Crippen LogP contribution in [0.4, 0.5) is 22.0 Å². The summed E-state index contributed by atoms with van der Waals surface area (Å²) < 4.78 is 65.9. The summed E-state index contributed by atoms with van der Waals surface area (Å²) in [5.74, 6) is -2.03. The Morgan fingerprint density at radius 1 is 1.10 bits per heavy atom. The molecule has 1 heterocycles. The standard InChI is InChI=1S/C14H8F5NO/c15-10-5-9(6-11(16)7-10)13-12(14(17,18)19)8(2-4-21)1-3-20-13/h1,3-7H,2H2. The monoisotopic (exact) mass is 301 g/mol. The minimum absolute atomic E-state index is 0.299. The van der Waals surface area contributed by atoms with E-state index >= 15 is 0 Å². The molecule has 2 rings (SSSR count). The zero-order valence-corrected chi connectivity index (χ0v) is 10.4. The van der Waals surface area contributed by atoms with Gasteiger partial charge < -0.3 is 4.79 Å². The smallest absolute Gasteiger partial charge is 0.303 e. The van der Waals surface area contributed by atoms with E-state index in [0.29, 0.717) is 12.4 Å². The van der Waals surface area contributed by atoms with Gasteiger partial charge in [-0.25, -0.2) is 8.78 Å². The summed E-state index contributed by atoms with van der Waals surface area (Å²) in [4.78, 5) is 14.1. The van der Waals surface area contributed by atoms with Gasteiger partial charge in [0.15, 0.2) is 0 Å². The van der Waals surface area contributed by atoms with Crippen LogP contribution < -0.4 is 0 Å². The Hall–Kier alpha value is -2.31. The molecule has 0 amide bonds. The second-order valence-corrected chi connectivity index (χ2v) is 4.22. The number of carbonyl (C=O) groups excluding carboxylic acids is 1.